The van der Waals surface area contributed by atoms with E-state index in [1.165, 1.54) is 121 Å². The van der Waals surface area contributed by atoms with Gasteiger partial charge in [0.1, 0.15) is 0 Å². The van der Waals surface area contributed by atoms with Gasteiger partial charge in [0.2, 0.25) is 0 Å². The van der Waals surface area contributed by atoms with Gasteiger partial charge in [-0.3, -0.25) is 6.08 Å². The zero-order chi connectivity index (χ0) is 34.7. The molecule has 0 saturated carbocycles. The zero-order valence-electron chi connectivity index (χ0n) is 31.7. The van der Waals surface area contributed by atoms with Crippen LogP contribution in [-0.2, 0) is 47.9 Å². The van der Waals surface area contributed by atoms with Crippen molar-refractivity contribution in [3.8, 4) is 0 Å². The van der Waals surface area contributed by atoms with Gasteiger partial charge in [-0.2, -0.15) is 6.08 Å². The third-order valence-corrected chi connectivity index (χ3v) is 10.6. The maximum atomic E-state index is 2.99. The van der Waals surface area contributed by atoms with Crippen LogP contribution in [0.1, 0.15) is 121 Å². The maximum absolute atomic E-state index is 2.99. The smallest absolute Gasteiger partial charge is 0.109 e. The summed E-state index contributed by atoms with van der Waals surface area (Å²) < 4.78 is 1.45. The van der Waals surface area contributed by atoms with Crippen molar-refractivity contribution in [3.05, 3.63) is 149 Å². The standard InChI is InChI=1S/C21H25.C21H26.C5H5.2ClH.Zr/c1-20(2,3)16-9-7-14-11-15-8-10-17(21(4,5)6)13-19(15)18(14)12-16;1-3-5-7-18-9-13-20(14-10-18)17-21-15-11-19(12-16-21)8-6-4-2;1-2-4-5-3-1;;;/h7-13H,1-6H3;9-16H,3-8H2,1-2H3;1-3H,4H2;2*1H;/q-1;;-1;;;+2. The van der Waals surface area contributed by atoms with Crippen LogP contribution in [-0.4, -0.2) is 3.21 Å². The Morgan fingerprint density at radius 2 is 1.06 bits per heavy atom. The van der Waals surface area contributed by atoms with Crippen molar-refractivity contribution < 1.29 is 24.2 Å². The number of benzene rings is 4. The topological polar surface area (TPSA) is 0 Å². The predicted octanol–water partition coefficient (Wildman–Crippen LogP) is 13.9. The monoisotopic (exact) mass is 782 g/mol. The molecule has 50 heavy (non-hydrogen) atoms. The molecule has 5 aromatic rings. The van der Waals surface area contributed by atoms with Gasteiger partial charge in [0.05, 0.1) is 0 Å². The van der Waals surface area contributed by atoms with E-state index in [0.717, 1.165) is 6.42 Å². The second kappa shape index (κ2) is 20.6. The first-order chi connectivity index (χ1) is 22.9. The SMILES string of the molecule is CC(C)(C)c1ccc2[cH-]c3ccc(C(C)(C)C)cc3c2c1.CCCCc1ccc([C](=[Zr+2])c2ccc(CCCC)cc2)cc1.Cl.Cl.[C-]1=CC=CC1. The fourth-order valence-electron chi connectivity index (χ4n) is 5.88. The number of allylic oxidation sites excluding steroid dienone is 4. The summed E-state index contributed by atoms with van der Waals surface area (Å²) in [5.41, 5.74) is 8.87. The van der Waals surface area contributed by atoms with Crippen molar-refractivity contribution in [3.63, 3.8) is 0 Å². The van der Waals surface area contributed by atoms with E-state index in [1.54, 1.807) is 0 Å². The molecule has 6 rings (SSSR count). The van der Waals surface area contributed by atoms with E-state index >= 15 is 0 Å². The molecule has 0 fully saturated rings. The van der Waals surface area contributed by atoms with Crippen LogP contribution in [0.5, 0.6) is 0 Å². The Labute approximate surface area is 331 Å². The minimum Gasteiger partial charge on any atom is -0.273 e. The Morgan fingerprint density at radius 3 is 1.36 bits per heavy atom. The molecule has 0 atom stereocenters. The summed E-state index contributed by atoms with van der Waals surface area (Å²) in [6.07, 6.45) is 17.5. The third-order valence-electron chi connectivity index (χ3n) is 9.15. The first kappa shape index (κ1) is 43.7. The van der Waals surface area contributed by atoms with Crippen LogP contribution >= 0.6 is 24.8 Å². The second-order valence-electron chi connectivity index (χ2n) is 15.2. The fourth-order valence-corrected chi connectivity index (χ4v) is 6.70. The first-order valence-corrected chi connectivity index (χ1v) is 19.3. The van der Waals surface area contributed by atoms with Crippen molar-refractivity contribution >= 4 is 49.6 Å². The van der Waals surface area contributed by atoms with Crippen molar-refractivity contribution in [2.45, 2.75) is 111 Å². The summed E-state index contributed by atoms with van der Waals surface area (Å²) in [5, 5.41) is 5.49. The molecule has 0 saturated heterocycles. The van der Waals surface area contributed by atoms with Crippen LogP contribution in [0.25, 0.3) is 21.5 Å². The molecule has 0 amide bonds. The molecule has 0 bridgehead atoms. The van der Waals surface area contributed by atoms with Gasteiger partial charge in [-0.15, -0.1) is 71.0 Å². The van der Waals surface area contributed by atoms with Gasteiger partial charge in [-0.25, -0.2) is 12.2 Å². The van der Waals surface area contributed by atoms with E-state index in [1.807, 2.05) is 12.2 Å². The molecule has 0 unspecified atom stereocenters. The minimum atomic E-state index is 0. The minimum absolute atomic E-state index is 0. The van der Waals surface area contributed by atoms with E-state index < -0.39 is 0 Å². The van der Waals surface area contributed by atoms with Gasteiger partial charge in [0.25, 0.3) is 0 Å². The quantitative estimate of drug-likeness (QED) is 0.138. The van der Waals surface area contributed by atoms with E-state index in [4.69, 9.17) is 0 Å². The largest absolute Gasteiger partial charge is 0.273 e. The molecule has 0 nitrogen and oxygen atoms in total. The Balaban J connectivity index is 0.000000293. The molecule has 0 heterocycles. The fraction of sp³-hybridized carbons (Fsp3) is 0.362. The van der Waals surface area contributed by atoms with Crippen LogP contribution in [0.3, 0.4) is 0 Å². The number of aryl methyl sites for hydroxylation is 2. The van der Waals surface area contributed by atoms with Gasteiger partial charge in [-0.05, 0) is 10.8 Å². The summed E-state index contributed by atoms with van der Waals surface area (Å²) >= 11 is 1.48. The number of hydrogen-bond acceptors (Lipinski definition) is 0. The maximum Gasteiger partial charge on any atom is -0.109 e. The Kier molecular flexibility index (Phi) is 18.0. The molecule has 3 heteroatoms. The normalized spacial score (nSPS) is 12.0. The van der Waals surface area contributed by atoms with Crippen LogP contribution in [0.4, 0.5) is 0 Å². The van der Waals surface area contributed by atoms with Gasteiger partial charge in [0.15, 0.2) is 0 Å². The molecule has 0 spiro atoms. The van der Waals surface area contributed by atoms with E-state index in [0.29, 0.717) is 0 Å². The molecule has 0 aromatic heterocycles. The molecule has 5 aromatic carbocycles. The van der Waals surface area contributed by atoms with Crippen LogP contribution < -0.4 is 0 Å². The van der Waals surface area contributed by atoms with Crippen molar-refractivity contribution in [1.82, 2.24) is 0 Å². The van der Waals surface area contributed by atoms with Crippen molar-refractivity contribution in [1.29, 1.82) is 0 Å². The number of rotatable bonds is 8. The van der Waals surface area contributed by atoms with Crippen LogP contribution in [0.15, 0.2) is 109 Å². The van der Waals surface area contributed by atoms with E-state index in [2.05, 4.69) is 159 Å². The first-order valence-electron chi connectivity index (χ1n) is 18.0. The van der Waals surface area contributed by atoms with Gasteiger partial charge in [-0.1, -0.05) is 76.9 Å². The van der Waals surface area contributed by atoms with Gasteiger partial charge < -0.3 is 0 Å². The average molecular weight is 785 g/mol. The molecule has 0 aliphatic heterocycles. The molecule has 0 N–H and O–H groups in total. The van der Waals surface area contributed by atoms with Crippen molar-refractivity contribution in [2.24, 2.45) is 0 Å². The Hall–Kier alpha value is -2.44. The number of unbranched alkanes of at least 4 members (excludes halogenated alkanes) is 2. The summed E-state index contributed by atoms with van der Waals surface area (Å²) in [5.74, 6) is 0. The van der Waals surface area contributed by atoms with Crippen LogP contribution in [0.2, 0.25) is 0 Å². The van der Waals surface area contributed by atoms with E-state index in [-0.39, 0.29) is 35.6 Å². The summed E-state index contributed by atoms with van der Waals surface area (Å²) in [4.78, 5) is 0. The average Bonchev–Trinajstić information content (AvgIpc) is 3.78. The molecule has 1 aliphatic carbocycles. The van der Waals surface area contributed by atoms with Gasteiger partial charge in [0, 0.05) is 0 Å². The number of fused-ring (bicyclic) bond motifs is 3. The predicted molar refractivity (Wildman–Crippen MR) is 224 cm³/mol. The van der Waals surface area contributed by atoms with Crippen LogP contribution in [0, 0.1) is 6.08 Å². The van der Waals surface area contributed by atoms with E-state index in [9.17, 15) is 0 Å². The molecule has 1 aliphatic rings. The number of halogens is 2. The summed E-state index contributed by atoms with van der Waals surface area (Å²) in [6, 6.07) is 34.5. The molecule has 264 valence electrons. The Morgan fingerprint density at radius 1 is 0.640 bits per heavy atom. The second-order valence-corrected chi connectivity index (χ2v) is 16.5. The molecular formula is C47H58Cl2Zr. The van der Waals surface area contributed by atoms with Gasteiger partial charge >= 0.3 is 151 Å². The third kappa shape index (κ3) is 12.7. The Bertz CT molecular complexity index is 1690. The molecular weight excluding hydrogens is 727 g/mol. The molecule has 0 radical (unpaired) electrons. The summed E-state index contributed by atoms with van der Waals surface area (Å²) in [7, 11) is 0. The van der Waals surface area contributed by atoms with Crippen molar-refractivity contribution in [2.75, 3.05) is 0 Å². The zero-order valence-corrected chi connectivity index (χ0v) is 35.7. The summed E-state index contributed by atoms with van der Waals surface area (Å²) in [6.45, 7) is 18.2. The number of hydrogen-bond donors (Lipinski definition) is 0.